The summed E-state index contributed by atoms with van der Waals surface area (Å²) < 4.78 is 75.5. The van der Waals surface area contributed by atoms with Gasteiger partial charge in [-0.05, 0) is 37.3 Å². The van der Waals surface area contributed by atoms with Crippen molar-refractivity contribution in [2.45, 2.75) is 18.4 Å². The molecule has 0 fully saturated rings. The van der Waals surface area contributed by atoms with E-state index in [0.717, 1.165) is 34.9 Å². The third kappa shape index (κ3) is 4.09. The molecule has 0 spiro atoms. The van der Waals surface area contributed by atoms with E-state index < -0.39 is 40.0 Å². The number of fused-ring (bicyclic) bond motifs is 1. The molecular formula is C17H13F3N2O4S2. The van der Waals surface area contributed by atoms with Gasteiger partial charge in [0.2, 0.25) is 4.80 Å². The van der Waals surface area contributed by atoms with Gasteiger partial charge in [-0.3, -0.25) is 4.79 Å². The van der Waals surface area contributed by atoms with Crippen molar-refractivity contribution in [3.05, 3.63) is 58.7 Å². The Balaban J connectivity index is 2.24. The van der Waals surface area contributed by atoms with Crippen molar-refractivity contribution in [2.24, 2.45) is 4.40 Å². The molecule has 11 heteroatoms. The van der Waals surface area contributed by atoms with Crippen molar-refractivity contribution < 1.29 is 31.1 Å². The van der Waals surface area contributed by atoms with Gasteiger partial charge in [-0.15, -0.1) is 4.40 Å². The van der Waals surface area contributed by atoms with Crippen LogP contribution in [0.15, 0.2) is 45.7 Å². The molecule has 148 valence electrons. The van der Waals surface area contributed by atoms with Crippen molar-refractivity contribution in [3.63, 3.8) is 0 Å². The van der Waals surface area contributed by atoms with Gasteiger partial charge in [0.15, 0.2) is 5.82 Å². The Bertz CT molecular complexity index is 1220. The number of hydrogen-bond acceptors (Lipinski definition) is 5. The van der Waals surface area contributed by atoms with Gasteiger partial charge in [-0.2, -0.15) is 8.42 Å². The van der Waals surface area contributed by atoms with E-state index >= 15 is 0 Å². The molecule has 2 aromatic carbocycles. The number of carbonyl (C=O) groups is 1. The first-order valence-electron chi connectivity index (χ1n) is 7.92. The Hall–Kier alpha value is -2.66. The molecule has 1 heterocycles. The van der Waals surface area contributed by atoms with Crippen LogP contribution < -0.4 is 4.80 Å². The average molecular weight is 430 g/mol. The zero-order valence-electron chi connectivity index (χ0n) is 14.4. The maximum Gasteiger partial charge on any atom is 0.326 e. The van der Waals surface area contributed by atoms with Crippen LogP contribution in [0.4, 0.5) is 13.2 Å². The van der Waals surface area contributed by atoms with Crippen LogP contribution in [0, 0.1) is 17.5 Å². The highest BCUT2D eigenvalue weighted by Crippen LogP contribution is 2.23. The maximum atomic E-state index is 14.3. The van der Waals surface area contributed by atoms with E-state index in [-0.39, 0.29) is 26.5 Å². The first kappa shape index (κ1) is 20.1. The molecule has 3 rings (SSSR count). The number of nitrogens with zero attached hydrogens (tertiary/aromatic N) is 2. The van der Waals surface area contributed by atoms with Gasteiger partial charge in [0.05, 0.1) is 21.7 Å². The third-order valence-electron chi connectivity index (χ3n) is 3.60. The van der Waals surface area contributed by atoms with Crippen molar-refractivity contribution in [1.82, 2.24) is 4.57 Å². The van der Waals surface area contributed by atoms with Crippen LogP contribution in [0.5, 0.6) is 0 Å². The minimum absolute atomic E-state index is 0.0647. The maximum absolute atomic E-state index is 14.3. The zero-order chi connectivity index (χ0) is 20.5. The third-order valence-corrected chi connectivity index (χ3v) is 6.02. The molecule has 6 nitrogen and oxygen atoms in total. The first-order chi connectivity index (χ1) is 13.2. The molecule has 0 bridgehead atoms. The molecule has 0 aliphatic heterocycles. The molecule has 0 atom stereocenters. The summed E-state index contributed by atoms with van der Waals surface area (Å²) in [7, 11) is -4.29. The van der Waals surface area contributed by atoms with Crippen LogP contribution in [-0.2, 0) is 26.1 Å². The average Bonchev–Trinajstić information content (AvgIpc) is 2.91. The molecular weight excluding hydrogens is 417 g/mol. The molecule has 0 saturated carbocycles. The van der Waals surface area contributed by atoms with Crippen LogP contribution in [0.1, 0.15) is 6.92 Å². The van der Waals surface area contributed by atoms with Gasteiger partial charge in [-0.25, -0.2) is 13.2 Å². The van der Waals surface area contributed by atoms with Crippen LogP contribution in [0.3, 0.4) is 0 Å². The molecule has 0 saturated heterocycles. The molecule has 0 aliphatic carbocycles. The van der Waals surface area contributed by atoms with E-state index in [2.05, 4.69) is 4.40 Å². The standard InChI is InChI=1S/C17H13F3N2O4S2/c1-2-26-15(23)9-22-16-13(20)7-11(19)8-14(16)27-17(22)21-28(24,25)12-5-3-10(18)4-6-12/h3-8H,2,9H2,1H3. The Morgan fingerprint density at radius 3 is 2.46 bits per heavy atom. The van der Waals surface area contributed by atoms with Crippen LogP contribution in [-0.4, -0.2) is 25.6 Å². The first-order valence-corrected chi connectivity index (χ1v) is 10.2. The fourth-order valence-corrected chi connectivity index (χ4v) is 4.72. The smallest absolute Gasteiger partial charge is 0.326 e. The van der Waals surface area contributed by atoms with Crippen LogP contribution >= 0.6 is 11.3 Å². The Morgan fingerprint density at radius 2 is 1.82 bits per heavy atom. The normalized spacial score (nSPS) is 12.5. The number of aromatic nitrogens is 1. The molecule has 0 radical (unpaired) electrons. The molecule has 0 amide bonds. The number of ether oxygens (including phenoxy) is 1. The minimum Gasteiger partial charge on any atom is -0.465 e. The number of carbonyl (C=O) groups excluding carboxylic acids is 1. The van der Waals surface area contributed by atoms with E-state index in [1.807, 2.05) is 0 Å². The predicted molar refractivity (Wildman–Crippen MR) is 95.5 cm³/mol. The lowest BCUT2D eigenvalue weighted by Gasteiger charge is -2.06. The number of esters is 1. The summed E-state index contributed by atoms with van der Waals surface area (Å²) in [6.07, 6.45) is 0. The molecule has 0 N–H and O–H groups in total. The topological polar surface area (TPSA) is 77.7 Å². The lowest BCUT2D eigenvalue weighted by molar-refractivity contribution is -0.143. The van der Waals surface area contributed by atoms with Gasteiger partial charge in [0, 0.05) is 6.07 Å². The van der Waals surface area contributed by atoms with Crippen molar-refractivity contribution in [1.29, 1.82) is 0 Å². The van der Waals surface area contributed by atoms with E-state index in [1.54, 1.807) is 6.92 Å². The molecule has 3 aromatic rings. The summed E-state index contributed by atoms with van der Waals surface area (Å²) in [5.41, 5.74) is -0.174. The summed E-state index contributed by atoms with van der Waals surface area (Å²) in [6, 6.07) is 5.59. The summed E-state index contributed by atoms with van der Waals surface area (Å²) >= 11 is 0.692. The monoisotopic (exact) mass is 430 g/mol. The number of benzene rings is 2. The van der Waals surface area contributed by atoms with Crippen molar-refractivity contribution >= 4 is 37.5 Å². The van der Waals surface area contributed by atoms with Crippen LogP contribution in [0.25, 0.3) is 10.2 Å². The lowest BCUT2D eigenvalue weighted by atomic mass is 10.3. The summed E-state index contributed by atoms with van der Waals surface area (Å²) in [4.78, 5) is 11.3. The van der Waals surface area contributed by atoms with Gasteiger partial charge < -0.3 is 9.30 Å². The fourth-order valence-electron chi connectivity index (χ4n) is 2.44. The van der Waals surface area contributed by atoms with E-state index in [4.69, 9.17) is 4.74 Å². The molecule has 28 heavy (non-hydrogen) atoms. The van der Waals surface area contributed by atoms with Gasteiger partial charge in [0.25, 0.3) is 10.0 Å². The number of thiazole rings is 1. The van der Waals surface area contributed by atoms with Crippen molar-refractivity contribution in [3.8, 4) is 0 Å². The van der Waals surface area contributed by atoms with Crippen molar-refractivity contribution in [2.75, 3.05) is 6.61 Å². The zero-order valence-corrected chi connectivity index (χ0v) is 16.0. The molecule has 0 unspecified atom stereocenters. The summed E-state index contributed by atoms with van der Waals surface area (Å²) in [5, 5.41) is 0. The van der Waals surface area contributed by atoms with Crippen LogP contribution in [0.2, 0.25) is 0 Å². The Kier molecular flexibility index (Phi) is 5.57. The quantitative estimate of drug-likeness (QED) is 0.583. The van der Waals surface area contributed by atoms with E-state index in [9.17, 15) is 26.4 Å². The fraction of sp³-hybridized carbons (Fsp3) is 0.176. The number of rotatable bonds is 5. The summed E-state index contributed by atoms with van der Waals surface area (Å²) in [6.45, 7) is 1.13. The second-order valence-electron chi connectivity index (χ2n) is 5.53. The molecule has 1 aromatic heterocycles. The van der Waals surface area contributed by atoms with E-state index in [1.165, 1.54) is 0 Å². The number of hydrogen-bond donors (Lipinski definition) is 0. The highest BCUT2D eigenvalue weighted by molar-refractivity contribution is 7.90. The Morgan fingerprint density at radius 1 is 1.14 bits per heavy atom. The predicted octanol–water partition coefficient (Wildman–Crippen LogP) is 2.97. The summed E-state index contributed by atoms with van der Waals surface area (Å²) in [5.74, 6) is -3.21. The number of halogens is 3. The largest absolute Gasteiger partial charge is 0.465 e. The van der Waals surface area contributed by atoms with Gasteiger partial charge in [-0.1, -0.05) is 11.3 Å². The highest BCUT2D eigenvalue weighted by atomic mass is 32.2. The molecule has 0 aliphatic rings. The minimum atomic E-state index is -4.29. The Labute approximate surface area is 161 Å². The second-order valence-corrected chi connectivity index (χ2v) is 8.14. The highest BCUT2D eigenvalue weighted by Gasteiger charge is 2.19. The van der Waals surface area contributed by atoms with E-state index in [0.29, 0.717) is 17.4 Å². The van der Waals surface area contributed by atoms with Gasteiger partial charge in [0.1, 0.15) is 18.2 Å². The SMILES string of the molecule is CCOC(=O)Cn1c(=NS(=O)(=O)c2ccc(F)cc2)sc2cc(F)cc(F)c21. The number of sulfonamides is 1. The second kappa shape index (κ2) is 7.76. The lowest BCUT2D eigenvalue weighted by Crippen LogP contribution is -2.23. The van der Waals surface area contributed by atoms with Gasteiger partial charge >= 0.3 is 5.97 Å².